The molecule has 3 nitrogen and oxygen atoms in total. The van der Waals surface area contributed by atoms with Crippen LogP contribution in [0.25, 0.3) is 22.4 Å². The lowest BCUT2D eigenvalue weighted by Gasteiger charge is -2.07. The highest BCUT2D eigenvalue weighted by molar-refractivity contribution is 6.33. The molecule has 0 aliphatic heterocycles. The Kier molecular flexibility index (Phi) is 3.35. The van der Waals surface area contributed by atoms with Crippen molar-refractivity contribution < 1.29 is 8.78 Å². The molecule has 0 aliphatic carbocycles. The molecular weight excluding hydrogens is 296 g/mol. The number of nitrogens with zero attached hydrogens (tertiary/aromatic N) is 1. The smallest absolute Gasteiger partial charge is 0.153 e. The van der Waals surface area contributed by atoms with E-state index in [1.165, 1.54) is 24.3 Å². The van der Waals surface area contributed by atoms with Gasteiger partial charge in [0.1, 0.15) is 11.6 Å². The fourth-order valence-corrected chi connectivity index (χ4v) is 2.44. The molecule has 0 fully saturated rings. The molecule has 1 heterocycles. The summed E-state index contributed by atoms with van der Waals surface area (Å²) in [7, 11) is 0. The molecule has 0 amide bonds. The Labute approximate surface area is 124 Å². The summed E-state index contributed by atoms with van der Waals surface area (Å²) in [5.74, 6) is -0.708. The van der Waals surface area contributed by atoms with Gasteiger partial charge in [0.15, 0.2) is 5.82 Å². The number of H-pyrrole nitrogens is 1. The highest BCUT2D eigenvalue weighted by Gasteiger charge is 2.19. The third-order valence-corrected chi connectivity index (χ3v) is 3.45. The molecule has 0 radical (unpaired) electrons. The lowest BCUT2D eigenvalue weighted by atomic mass is 10.0. The van der Waals surface area contributed by atoms with E-state index in [9.17, 15) is 8.78 Å². The number of benzene rings is 2. The third-order valence-electron chi connectivity index (χ3n) is 3.14. The molecule has 0 aliphatic rings. The van der Waals surface area contributed by atoms with Gasteiger partial charge >= 0.3 is 0 Å². The van der Waals surface area contributed by atoms with Crippen LogP contribution < -0.4 is 5.73 Å². The Morgan fingerprint density at radius 1 is 1.05 bits per heavy atom. The van der Waals surface area contributed by atoms with Crippen LogP contribution in [0.2, 0.25) is 5.02 Å². The largest absolute Gasteiger partial charge is 0.382 e. The molecule has 3 rings (SSSR count). The SMILES string of the molecule is Nc1n[nH]c(-c2ccccc2F)c1-c1ccc(F)cc1Cl. The van der Waals surface area contributed by atoms with Crippen LogP contribution in [-0.2, 0) is 0 Å². The average Bonchev–Trinajstić information content (AvgIpc) is 2.81. The first-order chi connectivity index (χ1) is 10.1. The maximum Gasteiger partial charge on any atom is 0.153 e. The number of nitrogens with two attached hydrogens (primary N) is 1. The zero-order chi connectivity index (χ0) is 15.0. The zero-order valence-corrected chi connectivity index (χ0v) is 11.5. The highest BCUT2D eigenvalue weighted by atomic mass is 35.5. The predicted molar refractivity (Wildman–Crippen MR) is 78.8 cm³/mol. The molecule has 106 valence electrons. The standard InChI is InChI=1S/C15H10ClF2N3/c16-11-7-8(17)5-6-9(11)13-14(20-21-15(13)19)10-3-1-2-4-12(10)18/h1-7H,(H3,19,20,21). The summed E-state index contributed by atoms with van der Waals surface area (Å²) in [6.07, 6.45) is 0. The van der Waals surface area contributed by atoms with Crippen LogP contribution >= 0.6 is 11.6 Å². The Balaban J connectivity index is 2.25. The summed E-state index contributed by atoms with van der Waals surface area (Å²) < 4.78 is 27.1. The Bertz CT molecular complexity index is 814. The van der Waals surface area contributed by atoms with Crippen molar-refractivity contribution in [1.82, 2.24) is 10.2 Å². The number of hydrogen-bond donors (Lipinski definition) is 2. The highest BCUT2D eigenvalue weighted by Crippen LogP contribution is 2.39. The van der Waals surface area contributed by atoms with Crippen molar-refractivity contribution in [1.29, 1.82) is 0 Å². The van der Waals surface area contributed by atoms with E-state index in [0.29, 0.717) is 22.4 Å². The molecule has 3 N–H and O–H groups in total. The first kappa shape index (κ1) is 13.6. The Morgan fingerprint density at radius 2 is 1.81 bits per heavy atom. The van der Waals surface area contributed by atoms with E-state index in [2.05, 4.69) is 10.2 Å². The zero-order valence-electron chi connectivity index (χ0n) is 10.7. The topological polar surface area (TPSA) is 54.7 Å². The van der Waals surface area contributed by atoms with E-state index in [-0.39, 0.29) is 10.8 Å². The van der Waals surface area contributed by atoms with Crippen LogP contribution in [-0.4, -0.2) is 10.2 Å². The quantitative estimate of drug-likeness (QED) is 0.743. The van der Waals surface area contributed by atoms with Crippen LogP contribution in [0.15, 0.2) is 42.5 Å². The summed E-state index contributed by atoms with van der Waals surface area (Å²) in [6.45, 7) is 0. The van der Waals surface area contributed by atoms with Crippen LogP contribution in [0.1, 0.15) is 0 Å². The second kappa shape index (κ2) is 5.18. The minimum atomic E-state index is -0.460. The van der Waals surface area contributed by atoms with E-state index >= 15 is 0 Å². The van der Waals surface area contributed by atoms with Gasteiger partial charge in [-0.3, -0.25) is 5.10 Å². The summed E-state index contributed by atoms with van der Waals surface area (Å²) in [5.41, 5.74) is 7.51. The van der Waals surface area contributed by atoms with Crippen LogP contribution in [0.5, 0.6) is 0 Å². The number of hydrogen-bond acceptors (Lipinski definition) is 2. The van der Waals surface area contributed by atoms with E-state index in [4.69, 9.17) is 17.3 Å². The second-order valence-corrected chi connectivity index (χ2v) is 4.87. The van der Waals surface area contributed by atoms with Gasteiger partial charge in [-0.2, -0.15) is 5.10 Å². The van der Waals surface area contributed by atoms with E-state index < -0.39 is 11.6 Å². The molecule has 0 saturated heterocycles. The number of halogens is 3. The monoisotopic (exact) mass is 305 g/mol. The van der Waals surface area contributed by atoms with E-state index in [1.807, 2.05) is 0 Å². The number of nitrogen functional groups attached to an aromatic ring is 1. The van der Waals surface area contributed by atoms with Gasteiger partial charge in [-0.1, -0.05) is 23.7 Å². The van der Waals surface area contributed by atoms with Crippen LogP contribution in [0.4, 0.5) is 14.6 Å². The number of aromatic amines is 1. The van der Waals surface area contributed by atoms with Crippen molar-refractivity contribution in [2.75, 3.05) is 5.73 Å². The molecule has 0 spiro atoms. The maximum absolute atomic E-state index is 14.0. The number of anilines is 1. The van der Waals surface area contributed by atoms with Gasteiger partial charge in [-0.05, 0) is 30.3 Å². The number of aromatic nitrogens is 2. The first-order valence-corrected chi connectivity index (χ1v) is 6.50. The van der Waals surface area contributed by atoms with Gasteiger partial charge in [0.25, 0.3) is 0 Å². The van der Waals surface area contributed by atoms with E-state index in [1.54, 1.807) is 18.2 Å². The fourth-order valence-electron chi connectivity index (χ4n) is 2.18. The molecule has 0 unspecified atom stereocenters. The molecule has 3 aromatic rings. The molecule has 1 aromatic heterocycles. The average molecular weight is 306 g/mol. The molecule has 0 bridgehead atoms. The van der Waals surface area contributed by atoms with Gasteiger partial charge < -0.3 is 5.73 Å². The van der Waals surface area contributed by atoms with Crippen molar-refractivity contribution in [2.24, 2.45) is 0 Å². The molecule has 0 atom stereocenters. The lowest BCUT2D eigenvalue weighted by Crippen LogP contribution is -1.91. The lowest BCUT2D eigenvalue weighted by molar-refractivity contribution is 0.628. The van der Waals surface area contributed by atoms with Crippen molar-refractivity contribution in [3.8, 4) is 22.4 Å². The van der Waals surface area contributed by atoms with Crippen molar-refractivity contribution in [3.05, 3.63) is 59.1 Å². The van der Waals surface area contributed by atoms with Crippen molar-refractivity contribution in [3.63, 3.8) is 0 Å². The summed E-state index contributed by atoms with van der Waals surface area (Å²) in [6, 6.07) is 10.1. The summed E-state index contributed by atoms with van der Waals surface area (Å²) in [5, 5.41) is 6.79. The fraction of sp³-hybridized carbons (Fsp3) is 0. The van der Waals surface area contributed by atoms with Crippen molar-refractivity contribution in [2.45, 2.75) is 0 Å². The van der Waals surface area contributed by atoms with Crippen LogP contribution in [0.3, 0.4) is 0 Å². The van der Waals surface area contributed by atoms with Crippen LogP contribution in [0, 0.1) is 11.6 Å². The molecule has 21 heavy (non-hydrogen) atoms. The Hall–Kier alpha value is -2.40. The molecule has 6 heteroatoms. The van der Waals surface area contributed by atoms with Gasteiger partial charge in [0.2, 0.25) is 0 Å². The molecule has 0 saturated carbocycles. The van der Waals surface area contributed by atoms with Gasteiger partial charge in [0, 0.05) is 11.1 Å². The minimum absolute atomic E-state index is 0.168. The molecular formula is C15H10ClF2N3. The first-order valence-electron chi connectivity index (χ1n) is 6.12. The molecule has 2 aromatic carbocycles. The summed E-state index contributed by atoms with van der Waals surface area (Å²) in [4.78, 5) is 0. The third kappa shape index (κ3) is 2.36. The normalized spacial score (nSPS) is 10.8. The van der Waals surface area contributed by atoms with Crippen molar-refractivity contribution >= 4 is 17.4 Å². The summed E-state index contributed by atoms with van der Waals surface area (Å²) >= 11 is 6.06. The minimum Gasteiger partial charge on any atom is -0.382 e. The van der Waals surface area contributed by atoms with Gasteiger partial charge in [0.05, 0.1) is 16.3 Å². The van der Waals surface area contributed by atoms with E-state index in [0.717, 1.165) is 0 Å². The number of rotatable bonds is 2. The second-order valence-electron chi connectivity index (χ2n) is 4.46. The predicted octanol–water partition coefficient (Wildman–Crippen LogP) is 4.26. The van der Waals surface area contributed by atoms with Gasteiger partial charge in [-0.25, -0.2) is 8.78 Å². The van der Waals surface area contributed by atoms with Gasteiger partial charge in [-0.15, -0.1) is 0 Å². The number of nitrogens with one attached hydrogen (secondary N) is 1. The Morgan fingerprint density at radius 3 is 2.52 bits per heavy atom. The maximum atomic E-state index is 14.0.